The van der Waals surface area contributed by atoms with E-state index < -0.39 is 0 Å². The summed E-state index contributed by atoms with van der Waals surface area (Å²) in [5.74, 6) is 0. The fraction of sp³-hybridized carbons (Fsp3) is 0.118. The van der Waals surface area contributed by atoms with Crippen LogP contribution in [0.25, 0.3) is 6.08 Å². The van der Waals surface area contributed by atoms with E-state index in [9.17, 15) is 0 Å². The Hall–Kier alpha value is -1.86. The molecule has 0 aromatic heterocycles. The monoisotopic (exact) mass is 267 g/mol. The number of hydrogen-bond acceptors (Lipinski definition) is 1. The molecule has 2 aromatic carbocycles. The maximum Gasteiger partial charge on any atom is 0.0947 e. The van der Waals surface area contributed by atoms with Crippen molar-refractivity contribution >= 4 is 29.1 Å². The quantitative estimate of drug-likeness (QED) is 0.661. The number of nitrogens with zero attached hydrogens (tertiary/aromatic N) is 1. The molecular weight excluding hydrogens is 254 g/mol. The summed E-state index contributed by atoms with van der Waals surface area (Å²) in [6, 6.07) is 16.3. The Morgan fingerprint density at radius 3 is 2.58 bits per heavy atom. The van der Waals surface area contributed by atoms with Crippen LogP contribution in [0.15, 0.2) is 59.6 Å². The van der Waals surface area contributed by atoms with Crippen LogP contribution in [0.1, 0.15) is 16.7 Å². The van der Waals surface area contributed by atoms with Crippen LogP contribution in [-0.2, 0) is 0 Å². The van der Waals surface area contributed by atoms with Crippen molar-refractivity contribution in [3.63, 3.8) is 0 Å². The van der Waals surface area contributed by atoms with E-state index in [-0.39, 0.29) is 5.38 Å². The number of para-hydroxylation sites is 1. The van der Waals surface area contributed by atoms with Gasteiger partial charge < -0.3 is 0 Å². The van der Waals surface area contributed by atoms with Crippen molar-refractivity contribution in [2.24, 2.45) is 4.99 Å². The highest BCUT2D eigenvalue weighted by atomic mass is 35.5. The molecule has 1 aliphatic carbocycles. The zero-order chi connectivity index (χ0) is 13.2. The van der Waals surface area contributed by atoms with E-state index in [1.165, 1.54) is 5.56 Å². The van der Waals surface area contributed by atoms with E-state index in [0.717, 1.165) is 22.5 Å². The lowest BCUT2D eigenvalue weighted by Crippen LogP contribution is -2.18. The molecule has 1 atom stereocenters. The maximum absolute atomic E-state index is 6.40. The van der Waals surface area contributed by atoms with Crippen LogP contribution in [0.4, 0.5) is 5.69 Å². The number of alkyl halides is 1. The van der Waals surface area contributed by atoms with E-state index in [0.29, 0.717) is 0 Å². The molecule has 0 fully saturated rings. The first-order valence-electron chi connectivity index (χ1n) is 6.31. The predicted octanol–water partition coefficient (Wildman–Crippen LogP) is 4.75. The van der Waals surface area contributed by atoms with Crippen LogP contribution in [0.3, 0.4) is 0 Å². The maximum atomic E-state index is 6.40. The zero-order valence-corrected chi connectivity index (χ0v) is 11.4. The molecule has 1 aliphatic rings. The van der Waals surface area contributed by atoms with E-state index >= 15 is 0 Å². The van der Waals surface area contributed by atoms with Crippen LogP contribution in [0.5, 0.6) is 0 Å². The van der Waals surface area contributed by atoms with Crippen LogP contribution in [0.2, 0.25) is 0 Å². The third-order valence-corrected chi connectivity index (χ3v) is 3.65. The second-order valence-corrected chi connectivity index (χ2v) is 5.10. The highest BCUT2D eigenvalue weighted by Gasteiger charge is 2.19. The first kappa shape index (κ1) is 12.2. The van der Waals surface area contributed by atoms with Gasteiger partial charge in [0.1, 0.15) is 0 Å². The fourth-order valence-electron chi connectivity index (χ4n) is 2.24. The van der Waals surface area contributed by atoms with Gasteiger partial charge in [0.25, 0.3) is 0 Å². The van der Waals surface area contributed by atoms with E-state index in [4.69, 9.17) is 16.6 Å². The summed E-state index contributed by atoms with van der Waals surface area (Å²) < 4.78 is 0. The molecule has 0 aliphatic heterocycles. The second-order valence-electron chi connectivity index (χ2n) is 4.63. The molecule has 1 nitrogen and oxygen atoms in total. The van der Waals surface area contributed by atoms with Gasteiger partial charge in [-0.1, -0.05) is 54.6 Å². The van der Waals surface area contributed by atoms with E-state index in [1.807, 2.05) is 36.4 Å². The summed E-state index contributed by atoms with van der Waals surface area (Å²) in [4.78, 5) is 4.77. The average Bonchev–Trinajstić information content (AvgIpc) is 2.44. The summed E-state index contributed by atoms with van der Waals surface area (Å²) in [5.41, 5.74) is 5.35. The Balaban J connectivity index is 2.14. The second kappa shape index (κ2) is 5.02. The Morgan fingerprint density at radius 2 is 1.74 bits per heavy atom. The van der Waals surface area contributed by atoms with Crippen LogP contribution >= 0.6 is 11.6 Å². The van der Waals surface area contributed by atoms with Gasteiger partial charge >= 0.3 is 0 Å². The van der Waals surface area contributed by atoms with Gasteiger partial charge in [-0.3, -0.25) is 4.99 Å². The van der Waals surface area contributed by atoms with E-state index in [2.05, 4.69) is 31.2 Å². The van der Waals surface area contributed by atoms with Gasteiger partial charge in [0.2, 0.25) is 0 Å². The number of halogens is 1. The topological polar surface area (TPSA) is 12.4 Å². The summed E-state index contributed by atoms with van der Waals surface area (Å²) in [6.07, 6.45) is 4.05. The Morgan fingerprint density at radius 1 is 1.00 bits per heavy atom. The highest BCUT2D eigenvalue weighted by Crippen LogP contribution is 2.26. The molecule has 2 heteroatoms. The third kappa shape index (κ3) is 2.34. The lowest BCUT2D eigenvalue weighted by atomic mass is 9.95. The number of fused-ring (bicyclic) bond motifs is 1. The first-order valence-corrected chi connectivity index (χ1v) is 6.75. The van der Waals surface area contributed by atoms with Gasteiger partial charge in [-0.05, 0) is 24.1 Å². The van der Waals surface area contributed by atoms with Crippen molar-refractivity contribution in [1.29, 1.82) is 0 Å². The molecule has 0 radical (unpaired) electrons. The van der Waals surface area contributed by atoms with Crippen molar-refractivity contribution in [3.8, 4) is 0 Å². The van der Waals surface area contributed by atoms with Gasteiger partial charge in [-0.2, -0.15) is 0 Å². The summed E-state index contributed by atoms with van der Waals surface area (Å²) in [5, 5.41) is -0.172. The molecule has 0 saturated carbocycles. The van der Waals surface area contributed by atoms with Gasteiger partial charge in [0.15, 0.2) is 0 Å². The first-order chi connectivity index (χ1) is 9.25. The molecule has 2 aromatic rings. The minimum Gasteiger partial charge on any atom is -0.251 e. The zero-order valence-electron chi connectivity index (χ0n) is 10.7. The van der Waals surface area contributed by atoms with Crippen LogP contribution in [0, 0.1) is 6.92 Å². The molecule has 19 heavy (non-hydrogen) atoms. The van der Waals surface area contributed by atoms with E-state index in [1.54, 1.807) is 0 Å². The van der Waals surface area contributed by atoms with Gasteiger partial charge in [-0.25, -0.2) is 0 Å². The number of allylic oxidation sites excluding steroid dienone is 1. The van der Waals surface area contributed by atoms with Crippen LogP contribution in [-0.4, -0.2) is 11.1 Å². The Kier molecular flexibility index (Phi) is 3.22. The van der Waals surface area contributed by atoms with Crippen molar-refractivity contribution < 1.29 is 0 Å². The molecule has 1 unspecified atom stereocenters. The SMILES string of the molecule is Cc1ccccc1N=C1c2ccccc2C=CC1Cl. The Labute approximate surface area is 118 Å². The molecular formula is C17H14ClN. The number of benzene rings is 2. The lowest BCUT2D eigenvalue weighted by molar-refractivity contribution is 1.33. The Bertz CT molecular complexity index is 670. The van der Waals surface area contributed by atoms with Gasteiger partial charge in [-0.15, -0.1) is 11.6 Å². The molecule has 0 spiro atoms. The molecule has 0 saturated heterocycles. The average molecular weight is 268 g/mol. The van der Waals surface area contributed by atoms with Crippen molar-refractivity contribution in [3.05, 3.63) is 71.3 Å². The van der Waals surface area contributed by atoms with Crippen molar-refractivity contribution in [2.45, 2.75) is 12.3 Å². The molecule has 0 heterocycles. The molecule has 0 bridgehead atoms. The van der Waals surface area contributed by atoms with Gasteiger partial charge in [0, 0.05) is 5.56 Å². The van der Waals surface area contributed by atoms with Crippen molar-refractivity contribution in [1.82, 2.24) is 0 Å². The lowest BCUT2D eigenvalue weighted by Gasteiger charge is -2.17. The van der Waals surface area contributed by atoms with Crippen LogP contribution < -0.4 is 0 Å². The number of hydrogen-bond donors (Lipinski definition) is 0. The predicted molar refractivity (Wildman–Crippen MR) is 82.5 cm³/mol. The summed E-state index contributed by atoms with van der Waals surface area (Å²) in [7, 11) is 0. The highest BCUT2D eigenvalue weighted by molar-refractivity contribution is 6.38. The van der Waals surface area contributed by atoms with Gasteiger partial charge in [0.05, 0.1) is 16.8 Å². The standard InChI is InChI=1S/C17H14ClN/c1-12-6-2-5-9-16(12)19-17-14-8-4-3-7-13(14)10-11-15(17)18/h2-11,15H,1H3. The summed E-state index contributed by atoms with van der Waals surface area (Å²) >= 11 is 6.40. The number of aliphatic imine (C=N–C) groups is 1. The molecule has 0 amide bonds. The molecule has 94 valence electrons. The molecule has 0 N–H and O–H groups in total. The minimum absolute atomic E-state index is 0.172. The largest absolute Gasteiger partial charge is 0.251 e. The minimum atomic E-state index is -0.172. The normalized spacial score (nSPS) is 19.5. The number of aryl methyl sites for hydroxylation is 1. The smallest absolute Gasteiger partial charge is 0.0947 e. The fourth-order valence-corrected chi connectivity index (χ4v) is 2.48. The molecule has 3 rings (SSSR count). The number of rotatable bonds is 1. The van der Waals surface area contributed by atoms with Crippen molar-refractivity contribution in [2.75, 3.05) is 0 Å². The third-order valence-electron chi connectivity index (χ3n) is 3.30. The summed E-state index contributed by atoms with van der Waals surface area (Å²) in [6.45, 7) is 2.06.